The first-order valence-corrected chi connectivity index (χ1v) is 6.49. The molecule has 0 spiro atoms. The molecule has 1 aliphatic rings. The summed E-state index contributed by atoms with van der Waals surface area (Å²) in [6.07, 6.45) is 2.44. The number of aliphatic carboxylic acids is 1. The second kappa shape index (κ2) is 4.73. The van der Waals surface area contributed by atoms with Crippen molar-refractivity contribution in [2.45, 2.75) is 39.2 Å². The van der Waals surface area contributed by atoms with E-state index >= 15 is 0 Å². The highest BCUT2D eigenvalue weighted by atomic mass is 16.4. The van der Waals surface area contributed by atoms with Gasteiger partial charge in [-0.05, 0) is 57.2 Å². The molecule has 2 N–H and O–H groups in total. The number of aryl methyl sites for hydroxylation is 2. The van der Waals surface area contributed by atoms with Crippen molar-refractivity contribution in [1.29, 1.82) is 0 Å². The van der Waals surface area contributed by atoms with Crippen LogP contribution in [0.1, 0.15) is 36.5 Å². The molecule has 1 fully saturated rings. The summed E-state index contributed by atoms with van der Waals surface area (Å²) >= 11 is 0. The maximum atomic E-state index is 11.7. The highest BCUT2D eigenvalue weighted by Gasteiger charge is 2.37. The molecular formula is C15H21NO2. The van der Waals surface area contributed by atoms with Crippen molar-refractivity contribution in [2.75, 3.05) is 6.54 Å². The summed E-state index contributed by atoms with van der Waals surface area (Å²) in [4.78, 5) is 11.7. The maximum absolute atomic E-state index is 11.7. The molecular weight excluding hydrogens is 226 g/mol. The lowest BCUT2D eigenvalue weighted by Crippen LogP contribution is -2.48. The van der Waals surface area contributed by atoms with Crippen molar-refractivity contribution in [3.63, 3.8) is 0 Å². The summed E-state index contributed by atoms with van der Waals surface area (Å²) < 4.78 is 0. The van der Waals surface area contributed by atoms with Crippen LogP contribution in [0.5, 0.6) is 0 Å². The zero-order chi connectivity index (χ0) is 13.3. The first kappa shape index (κ1) is 13.1. The SMILES string of the molecule is Cc1ccc(C)c(C(C)(NCC2CC2)C(=O)O)c1. The molecule has 0 radical (unpaired) electrons. The van der Waals surface area contributed by atoms with Gasteiger partial charge in [-0.15, -0.1) is 0 Å². The molecule has 0 aromatic heterocycles. The van der Waals surface area contributed by atoms with Crippen molar-refractivity contribution >= 4 is 5.97 Å². The van der Waals surface area contributed by atoms with E-state index < -0.39 is 11.5 Å². The second-order valence-electron chi connectivity index (χ2n) is 5.57. The molecule has 98 valence electrons. The number of carbonyl (C=O) groups is 1. The summed E-state index contributed by atoms with van der Waals surface area (Å²) in [5, 5.41) is 12.8. The van der Waals surface area contributed by atoms with Gasteiger partial charge in [0.1, 0.15) is 5.54 Å². The number of hydrogen-bond donors (Lipinski definition) is 2. The third kappa shape index (κ3) is 2.56. The van der Waals surface area contributed by atoms with Gasteiger partial charge in [0.2, 0.25) is 0 Å². The zero-order valence-electron chi connectivity index (χ0n) is 11.3. The first-order valence-electron chi connectivity index (χ1n) is 6.49. The minimum Gasteiger partial charge on any atom is -0.480 e. The molecule has 1 unspecified atom stereocenters. The van der Waals surface area contributed by atoms with E-state index in [1.807, 2.05) is 32.0 Å². The average Bonchev–Trinajstić information content (AvgIpc) is 3.13. The van der Waals surface area contributed by atoms with Crippen LogP contribution in [0.15, 0.2) is 18.2 Å². The van der Waals surface area contributed by atoms with E-state index in [-0.39, 0.29) is 0 Å². The molecule has 2 rings (SSSR count). The van der Waals surface area contributed by atoms with Gasteiger partial charge in [0.25, 0.3) is 0 Å². The van der Waals surface area contributed by atoms with E-state index in [0.29, 0.717) is 5.92 Å². The first-order chi connectivity index (χ1) is 8.43. The molecule has 0 amide bonds. The fourth-order valence-corrected chi connectivity index (χ4v) is 2.23. The standard InChI is InChI=1S/C15H21NO2/c1-10-4-5-11(2)13(8-10)15(3,14(17)18)16-9-12-6-7-12/h4-5,8,12,16H,6-7,9H2,1-3H3,(H,17,18). The monoisotopic (exact) mass is 247 g/mol. The Balaban J connectivity index is 2.31. The summed E-state index contributed by atoms with van der Waals surface area (Å²) in [5.74, 6) is -0.148. The highest BCUT2D eigenvalue weighted by Crippen LogP contribution is 2.31. The lowest BCUT2D eigenvalue weighted by molar-refractivity contribution is -0.144. The predicted octanol–water partition coefficient (Wildman–Crippen LogP) is 2.60. The van der Waals surface area contributed by atoms with E-state index in [1.165, 1.54) is 12.8 Å². The average molecular weight is 247 g/mol. The zero-order valence-corrected chi connectivity index (χ0v) is 11.3. The number of rotatable bonds is 5. The Hall–Kier alpha value is -1.35. The van der Waals surface area contributed by atoms with Crippen molar-refractivity contribution < 1.29 is 9.90 Å². The Kier molecular flexibility index (Phi) is 3.44. The summed E-state index contributed by atoms with van der Waals surface area (Å²) in [6.45, 7) is 6.51. The molecule has 1 saturated carbocycles. The summed E-state index contributed by atoms with van der Waals surface area (Å²) in [6, 6.07) is 5.98. The normalized spacial score (nSPS) is 18.4. The third-order valence-electron chi connectivity index (χ3n) is 3.80. The van der Waals surface area contributed by atoms with Crippen LogP contribution in [0, 0.1) is 19.8 Å². The smallest absolute Gasteiger partial charge is 0.328 e. The topological polar surface area (TPSA) is 49.3 Å². The third-order valence-corrected chi connectivity index (χ3v) is 3.80. The van der Waals surface area contributed by atoms with Crippen LogP contribution in [0.2, 0.25) is 0 Å². The molecule has 1 aromatic carbocycles. The Morgan fingerprint density at radius 2 is 2.11 bits per heavy atom. The van der Waals surface area contributed by atoms with Crippen LogP contribution in [-0.4, -0.2) is 17.6 Å². The van der Waals surface area contributed by atoms with Crippen molar-refractivity contribution in [3.8, 4) is 0 Å². The van der Waals surface area contributed by atoms with Crippen molar-refractivity contribution in [3.05, 3.63) is 34.9 Å². The van der Waals surface area contributed by atoms with Gasteiger partial charge in [-0.3, -0.25) is 5.32 Å². The van der Waals surface area contributed by atoms with Crippen LogP contribution in [0.4, 0.5) is 0 Å². The van der Waals surface area contributed by atoms with Crippen molar-refractivity contribution in [1.82, 2.24) is 5.32 Å². The Labute approximate surface area is 108 Å². The Morgan fingerprint density at radius 1 is 1.44 bits per heavy atom. The van der Waals surface area contributed by atoms with Crippen LogP contribution < -0.4 is 5.32 Å². The molecule has 0 bridgehead atoms. The lowest BCUT2D eigenvalue weighted by Gasteiger charge is -2.29. The quantitative estimate of drug-likeness (QED) is 0.841. The lowest BCUT2D eigenvalue weighted by atomic mass is 9.87. The molecule has 1 atom stereocenters. The van der Waals surface area contributed by atoms with Gasteiger partial charge < -0.3 is 5.11 Å². The molecule has 0 saturated heterocycles. The molecule has 18 heavy (non-hydrogen) atoms. The molecule has 0 aliphatic heterocycles. The predicted molar refractivity (Wildman–Crippen MR) is 71.6 cm³/mol. The fraction of sp³-hybridized carbons (Fsp3) is 0.533. The van der Waals surface area contributed by atoms with Gasteiger partial charge in [-0.1, -0.05) is 23.8 Å². The summed E-state index contributed by atoms with van der Waals surface area (Å²) in [7, 11) is 0. The number of nitrogens with one attached hydrogen (secondary N) is 1. The number of benzene rings is 1. The molecule has 3 heteroatoms. The molecule has 1 aliphatic carbocycles. The molecule has 1 aromatic rings. The van der Waals surface area contributed by atoms with E-state index in [1.54, 1.807) is 6.92 Å². The minimum atomic E-state index is -0.987. The van der Waals surface area contributed by atoms with Crippen LogP contribution in [0.3, 0.4) is 0 Å². The van der Waals surface area contributed by atoms with E-state index in [4.69, 9.17) is 0 Å². The number of carboxylic acid groups (broad SMARTS) is 1. The molecule has 3 nitrogen and oxygen atoms in total. The van der Waals surface area contributed by atoms with Crippen LogP contribution in [-0.2, 0) is 10.3 Å². The largest absolute Gasteiger partial charge is 0.480 e. The highest BCUT2D eigenvalue weighted by molar-refractivity contribution is 5.81. The van der Waals surface area contributed by atoms with Gasteiger partial charge in [-0.2, -0.15) is 0 Å². The Bertz CT molecular complexity index is 466. The van der Waals surface area contributed by atoms with Crippen molar-refractivity contribution in [2.24, 2.45) is 5.92 Å². The van der Waals surface area contributed by atoms with Gasteiger partial charge in [-0.25, -0.2) is 4.79 Å². The number of hydrogen-bond acceptors (Lipinski definition) is 2. The Morgan fingerprint density at radius 3 is 2.67 bits per heavy atom. The second-order valence-corrected chi connectivity index (χ2v) is 5.57. The number of carboxylic acids is 1. The van der Waals surface area contributed by atoms with E-state index in [0.717, 1.165) is 23.2 Å². The van der Waals surface area contributed by atoms with Crippen LogP contribution >= 0.6 is 0 Å². The van der Waals surface area contributed by atoms with Gasteiger partial charge in [0, 0.05) is 0 Å². The van der Waals surface area contributed by atoms with E-state index in [9.17, 15) is 9.90 Å². The van der Waals surface area contributed by atoms with Gasteiger partial charge >= 0.3 is 5.97 Å². The molecule has 0 heterocycles. The summed E-state index contributed by atoms with van der Waals surface area (Å²) in [5.41, 5.74) is 2.00. The minimum absolute atomic E-state index is 0.661. The van der Waals surface area contributed by atoms with Gasteiger partial charge in [0.05, 0.1) is 0 Å². The fourth-order valence-electron chi connectivity index (χ4n) is 2.23. The van der Waals surface area contributed by atoms with E-state index in [2.05, 4.69) is 5.32 Å². The van der Waals surface area contributed by atoms with Gasteiger partial charge in [0.15, 0.2) is 0 Å². The maximum Gasteiger partial charge on any atom is 0.328 e. The van der Waals surface area contributed by atoms with Crippen LogP contribution in [0.25, 0.3) is 0 Å².